The summed E-state index contributed by atoms with van der Waals surface area (Å²) in [5.74, 6) is 0. The van der Waals surface area contributed by atoms with E-state index < -0.39 is 0 Å². The van der Waals surface area contributed by atoms with Gasteiger partial charge in [0, 0.05) is 49.2 Å². The molecule has 1 aromatic heterocycles. The standard InChI is InChI=1S/C27H20N.Y/c1-27(2)23-12-6-3-9-19(23)20-16-15-18(17-24(20)27)28-25-13-7-4-10-21(25)22-11-5-8-14-26(22)28;/h3-5,7-17H,1-2H3;/q-1;. The molecule has 0 atom stereocenters. The quantitative estimate of drug-likeness (QED) is 0.247. The van der Waals surface area contributed by atoms with Gasteiger partial charge in [0.25, 0.3) is 0 Å². The van der Waals surface area contributed by atoms with Crippen LogP contribution in [0.3, 0.4) is 0 Å². The van der Waals surface area contributed by atoms with Crippen LogP contribution < -0.4 is 0 Å². The third-order valence-corrected chi connectivity index (χ3v) is 6.34. The second-order valence-corrected chi connectivity index (χ2v) is 8.20. The third kappa shape index (κ3) is 2.54. The Morgan fingerprint density at radius 2 is 1.34 bits per heavy atom. The van der Waals surface area contributed by atoms with Crippen LogP contribution in [0.5, 0.6) is 0 Å². The molecule has 0 unspecified atom stereocenters. The summed E-state index contributed by atoms with van der Waals surface area (Å²) < 4.78 is 2.40. The van der Waals surface area contributed by atoms with Gasteiger partial charge in [0.15, 0.2) is 0 Å². The Bertz CT molecular complexity index is 1340. The Hall–Kier alpha value is -2.22. The molecule has 1 aliphatic rings. The van der Waals surface area contributed by atoms with Crippen LogP contribution in [0.1, 0.15) is 25.0 Å². The first-order valence-electron chi connectivity index (χ1n) is 9.80. The molecule has 29 heavy (non-hydrogen) atoms. The molecule has 0 spiro atoms. The summed E-state index contributed by atoms with van der Waals surface area (Å²) in [5, 5.41) is 2.60. The second-order valence-electron chi connectivity index (χ2n) is 8.20. The molecular weight excluding hydrogens is 427 g/mol. The van der Waals surface area contributed by atoms with E-state index in [1.54, 1.807) is 0 Å². The molecule has 0 fully saturated rings. The number of rotatable bonds is 1. The van der Waals surface area contributed by atoms with Crippen LogP contribution in [-0.4, -0.2) is 4.57 Å². The molecule has 0 aliphatic heterocycles. The maximum Gasteiger partial charge on any atom is 0.0541 e. The molecule has 1 radical (unpaired) electrons. The van der Waals surface area contributed by atoms with Gasteiger partial charge in [0.05, 0.1) is 11.0 Å². The fourth-order valence-corrected chi connectivity index (χ4v) is 4.95. The van der Waals surface area contributed by atoms with Crippen molar-refractivity contribution >= 4 is 21.8 Å². The average molecular weight is 447 g/mol. The van der Waals surface area contributed by atoms with Crippen molar-refractivity contribution in [3.8, 4) is 16.8 Å². The number of hydrogen-bond acceptors (Lipinski definition) is 0. The first kappa shape index (κ1) is 18.8. The molecule has 4 aromatic carbocycles. The van der Waals surface area contributed by atoms with Crippen LogP contribution in [0.4, 0.5) is 0 Å². The number of benzene rings is 4. The predicted molar refractivity (Wildman–Crippen MR) is 117 cm³/mol. The molecule has 1 aliphatic carbocycles. The van der Waals surface area contributed by atoms with Gasteiger partial charge in [0.1, 0.15) is 0 Å². The summed E-state index contributed by atoms with van der Waals surface area (Å²) in [4.78, 5) is 0. The van der Waals surface area contributed by atoms with Gasteiger partial charge < -0.3 is 4.57 Å². The minimum atomic E-state index is -0.0167. The maximum atomic E-state index is 3.27. The van der Waals surface area contributed by atoms with Gasteiger partial charge in [-0.2, -0.15) is 24.3 Å². The normalized spacial score (nSPS) is 13.9. The van der Waals surface area contributed by atoms with Gasteiger partial charge in [-0.05, 0) is 40.8 Å². The molecule has 5 aromatic rings. The summed E-state index contributed by atoms with van der Waals surface area (Å²) in [6, 6.07) is 33.9. The molecule has 1 heterocycles. The molecule has 0 amide bonds. The van der Waals surface area contributed by atoms with Crippen LogP contribution in [0.2, 0.25) is 0 Å². The molecule has 0 bridgehead atoms. The largest absolute Gasteiger partial charge is 0.309 e. The fraction of sp³-hybridized carbons (Fsp3) is 0.111. The van der Waals surface area contributed by atoms with E-state index in [2.05, 4.69) is 103 Å². The summed E-state index contributed by atoms with van der Waals surface area (Å²) in [5.41, 5.74) is 9.16. The molecule has 0 saturated carbocycles. The summed E-state index contributed by atoms with van der Waals surface area (Å²) in [6.07, 6.45) is 0. The van der Waals surface area contributed by atoms with Gasteiger partial charge >= 0.3 is 0 Å². The Balaban J connectivity index is 0.00000181. The van der Waals surface area contributed by atoms with Crippen molar-refractivity contribution in [2.45, 2.75) is 19.3 Å². The number of fused-ring (bicyclic) bond motifs is 6. The zero-order valence-electron chi connectivity index (χ0n) is 16.6. The van der Waals surface area contributed by atoms with E-state index in [0.29, 0.717) is 0 Å². The Labute approximate surface area is 196 Å². The maximum absolute atomic E-state index is 3.27. The minimum Gasteiger partial charge on any atom is -0.309 e. The van der Waals surface area contributed by atoms with Gasteiger partial charge in [-0.15, -0.1) is 11.1 Å². The Morgan fingerprint density at radius 1 is 0.724 bits per heavy atom. The van der Waals surface area contributed by atoms with Crippen LogP contribution in [0.25, 0.3) is 38.6 Å². The third-order valence-electron chi connectivity index (χ3n) is 6.34. The first-order valence-corrected chi connectivity index (χ1v) is 9.80. The smallest absolute Gasteiger partial charge is 0.0541 e. The Kier molecular flexibility index (Phi) is 4.31. The van der Waals surface area contributed by atoms with Gasteiger partial charge in [-0.3, -0.25) is 0 Å². The minimum absolute atomic E-state index is 0. The predicted octanol–water partition coefficient (Wildman–Crippen LogP) is 6.89. The van der Waals surface area contributed by atoms with Crippen LogP contribution in [-0.2, 0) is 38.1 Å². The molecule has 137 valence electrons. The summed E-state index contributed by atoms with van der Waals surface area (Å²) >= 11 is 0. The summed E-state index contributed by atoms with van der Waals surface area (Å²) in [7, 11) is 0. The zero-order chi connectivity index (χ0) is 18.9. The van der Waals surface area contributed by atoms with Gasteiger partial charge in [-0.1, -0.05) is 56.3 Å². The van der Waals surface area contributed by atoms with E-state index in [4.69, 9.17) is 0 Å². The SMILES string of the molecule is CC1(C)c2c[c-]ccc2-c2ccc(-n3c4ccccc4c4ccccc43)cc21.[Y]. The Morgan fingerprint density at radius 3 is 2.03 bits per heavy atom. The molecule has 1 nitrogen and oxygen atoms in total. The van der Waals surface area contributed by atoms with Crippen molar-refractivity contribution in [1.82, 2.24) is 4.57 Å². The molecular formula is C27H20NY-. The molecule has 0 N–H and O–H groups in total. The van der Waals surface area contributed by atoms with Crippen molar-refractivity contribution in [2.75, 3.05) is 0 Å². The number of para-hydroxylation sites is 2. The van der Waals surface area contributed by atoms with Crippen molar-refractivity contribution in [2.24, 2.45) is 0 Å². The van der Waals surface area contributed by atoms with E-state index in [0.717, 1.165) is 0 Å². The average Bonchev–Trinajstić information content (AvgIpc) is 3.18. The van der Waals surface area contributed by atoms with E-state index >= 15 is 0 Å². The monoisotopic (exact) mass is 447 g/mol. The zero-order valence-corrected chi connectivity index (χ0v) is 19.4. The van der Waals surface area contributed by atoms with Crippen LogP contribution >= 0.6 is 0 Å². The molecule has 0 saturated heterocycles. The number of aromatic nitrogens is 1. The van der Waals surface area contributed by atoms with E-state index in [1.165, 1.54) is 49.7 Å². The fourth-order valence-electron chi connectivity index (χ4n) is 4.95. The van der Waals surface area contributed by atoms with Crippen LogP contribution in [0, 0.1) is 6.07 Å². The van der Waals surface area contributed by atoms with E-state index in [-0.39, 0.29) is 38.1 Å². The topological polar surface area (TPSA) is 4.93 Å². The van der Waals surface area contributed by atoms with E-state index in [9.17, 15) is 0 Å². The second kappa shape index (κ2) is 6.65. The van der Waals surface area contributed by atoms with Crippen molar-refractivity contribution in [3.63, 3.8) is 0 Å². The van der Waals surface area contributed by atoms with Crippen LogP contribution in [0.15, 0.2) is 84.9 Å². The van der Waals surface area contributed by atoms with Crippen molar-refractivity contribution < 1.29 is 32.7 Å². The van der Waals surface area contributed by atoms with Gasteiger partial charge in [0.2, 0.25) is 0 Å². The van der Waals surface area contributed by atoms with Crippen molar-refractivity contribution in [1.29, 1.82) is 0 Å². The number of nitrogens with zero attached hydrogens (tertiary/aromatic N) is 1. The van der Waals surface area contributed by atoms with Crippen molar-refractivity contribution in [3.05, 3.63) is 102 Å². The summed E-state index contributed by atoms with van der Waals surface area (Å²) in [6.45, 7) is 4.64. The van der Waals surface area contributed by atoms with E-state index in [1.807, 2.05) is 6.07 Å². The first-order chi connectivity index (χ1) is 13.7. The van der Waals surface area contributed by atoms with Gasteiger partial charge in [-0.25, -0.2) is 0 Å². The molecule has 2 heteroatoms. The molecule has 6 rings (SSSR count). The number of hydrogen-bond donors (Lipinski definition) is 0.